The van der Waals surface area contributed by atoms with E-state index in [1.54, 1.807) is 7.11 Å². The normalized spacial score (nSPS) is 23.8. The summed E-state index contributed by atoms with van der Waals surface area (Å²) in [6, 6.07) is 15.5. The van der Waals surface area contributed by atoms with Crippen molar-refractivity contribution >= 4 is 22.1 Å². The Hall–Kier alpha value is -2.09. The molecule has 0 spiro atoms. The van der Waals surface area contributed by atoms with Crippen LogP contribution in [0.25, 0.3) is 16.3 Å². The lowest BCUT2D eigenvalue weighted by atomic mass is 9.77. The lowest BCUT2D eigenvalue weighted by Crippen LogP contribution is -2.18. The molecule has 1 unspecified atom stereocenters. The summed E-state index contributed by atoms with van der Waals surface area (Å²) in [5.41, 5.74) is 5.50. The molecule has 2 aliphatic rings. The van der Waals surface area contributed by atoms with E-state index in [9.17, 15) is 0 Å². The molecule has 2 nitrogen and oxygen atoms in total. The molecule has 4 rings (SSSR count). The molecule has 0 heterocycles. The van der Waals surface area contributed by atoms with Crippen LogP contribution in [0.15, 0.2) is 53.2 Å². The zero-order chi connectivity index (χ0) is 16.5. The van der Waals surface area contributed by atoms with Crippen LogP contribution >= 0.6 is 0 Å². The third-order valence-electron chi connectivity index (χ3n) is 5.71. The van der Waals surface area contributed by atoms with Crippen molar-refractivity contribution in [2.45, 2.75) is 39.0 Å². The Morgan fingerprint density at radius 2 is 1.96 bits per heavy atom. The molecule has 1 fully saturated rings. The topological polar surface area (TPSA) is 21.6 Å². The molecule has 2 aromatic carbocycles. The summed E-state index contributed by atoms with van der Waals surface area (Å²) in [7, 11) is 1.66. The van der Waals surface area contributed by atoms with E-state index in [1.165, 1.54) is 53.2 Å². The molecule has 2 atom stereocenters. The molecule has 0 N–H and O–H groups in total. The highest BCUT2D eigenvalue weighted by Crippen LogP contribution is 2.49. The SMILES string of the molecule is CCC(=NOC)C1=C(c2ccc3ccccc3c2)CC2CC[C@H]1C2. The standard InChI is InChI=1S/C22H25NO/c1-3-21(23-24-2)22-19-9-8-15(12-19)13-20(22)18-11-10-16-6-4-5-7-17(16)14-18/h4-7,10-11,14-15,19H,3,8-9,12-13H2,1-2H3/t15?,19-/m0/s1. The van der Waals surface area contributed by atoms with E-state index in [2.05, 4.69) is 54.5 Å². The van der Waals surface area contributed by atoms with E-state index in [-0.39, 0.29) is 0 Å². The zero-order valence-corrected chi connectivity index (χ0v) is 14.6. The van der Waals surface area contributed by atoms with Crippen LogP contribution < -0.4 is 0 Å². The smallest absolute Gasteiger partial charge is 0.106 e. The van der Waals surface area contributed by atoms with Crippen molar-refractivity contribution in [1.29, 1.82) is 0 Å². The maximum atomic E-state index is 5.16. The van der Waals surface area contributed by atoms with Crippen molar-refractivity contribution in [3.05, 3.63) is 53.6 Å². The van der Waals surface area contributed by atoms with Crippen molar-refractivity contribution < 1.29 is 4.84 Å². The molecule has 2 bridgehead atoms. The molecule has 2 heteroatoms. The Bertz CT molecular complexity index is 818. The minimum absolute atomic E-state index is 0.666. The second-order valence-electron chi connectivity index (χ2n) is 7.11. The van der Waals surface area contributed by atoms with Gasteiger partial charge in [-0.3, -0.25) is 0 Å². The fourth-order valence-corrected chi connectivity index (χ4v) is 4.64. The number of hydrogen-bond acceptors (Lipinski definition) is 2. The van der Waals surface area contributed by atoms with Crippen LogP contribution in [-0.2, 0) is 4.84 Å². The molecule has 0 aromatic heterocycles. The molecule has 0 aliphatic heterocycles. The molecule has 0 amide bonds. The molecule has 24 heavy (non-hydrogen) atoms. The van der Waals surface area contributed by atoms with Gasteiger partial charge in [0.25, 0.3) is 0 Å². The third-order valence-corrected chi connectivity index (χ3v) is 5.71. The fraction of sp³-hybridized carbons (Fsp3) is 0.409. The van der Waals surface area contributed by atoms with Crippen molar-refractivity contribution in [2.75, 3.05) is 7.11 Å². The fourth-order valence-electron chi connectivity index (χ4n) is 4.64. The van der Waals surface area contributed by atoms with Gasteiger partial charge in [-0.15, -0.1) is 0 Å². The van der Waals surface area contributed by atoms with Gasteiger partial charge in [-0.2, -0.15) is 0 Å². The number of hydrogen-bond donors (Lipinski definition) is 0. The van der Waals surface area contributed by atoms with Gasteiger partial charge in [0, 0.05) is 0 Å². The van der Waals surface area contributed by atoms with Gasteiger partial charge in [0.1, 0.15) is 7.11 Å². The van der Waals surface area contributed by atoms with Crippen LogP contribution in [0, 0.1) is 11.8 Å². The average molecular weight is 319 g/mol. The second kappa shape index (κ2) is 6.43. The van der Waals surface area contributed by atoms with E-state index in [0.717, 1.165) is 18.1 Å². The summed E-state index contributed by atoms with van der Waals surface area (Å²) in [6.07, 6.45) is 6.11. The number of fused-ring (bicyclic) bond motifs is 3. The van der Waals surface area contributed by atoms with E-state index in [4.69, 9.17) is 4.84 Å². The Balaban J connectivity index is 1.88. The van der Waals surface area contributed by atoms with E-state index >= 15 is 0 Å². The van der Waals surface area contributed by atoms with Gasteiger partial charge in [0.2, 0.25) is 0 Å². The summed E-state index contributed by atoms with van der Waals surface area (Å²) in [4.78, 5) is 5.16. The van der Waals surface area contributed by atoms with Crippen molar-refractivity contribution in [2.24, 2.45) is 17.0 Å². The van der Waals surface area contributed by atoms with Gasteiger partial charge in [-0.1, -0.05) is 48.5 Å². The Morgan fingerprint density at radius 3 is 2.75 bits per heavy atom. The number of allylic oxidation sites excluding steroid dienone is 2. The molecule has 2 aliphatic carbocycles. The second-order valence-corrected chi connectivity index (χ2v) is 7.11. The highest BCUT2D eigenvalue weighted by molar-refractivity contribution is 6.07. The number of benzene rings is 2. The predicted molar refractivity (Wildman–Crippen MR) is 101 cm³/mol. The molecular weight excluding hydrogens is 294 g/mol. The van der Waals surface area contributed by atoms with Crippen LogP contribution in [0.2, 0.25) is 0 Å². The maximum Gasteiger partial charge on any atom is 0.106 e. The molecule has 2 aromatic rings. The van der Waals surface area contributed by atoms with Gasteiger partial charge in [-0.25, -0.2) is 0 Å². The van der Waals surface area contributed by atoms with E-state index < -0.39 is 0 Å². The summed E-state index contributed by atoms with van der Waals surface area (Å²) < 4.78 is 0. The Labute approximate surface area is 144 Å². The van der Waals surface area contributed by atoms with E-state index in [1.807, 2.05) is 0 Å². The Kier molecular flexibility index (Phi) is 4.13. The third kappa shape index (κ3) is 2.64. The maximum absolute atomic E-state index is 5.16. The first-order chi connectivity index (χ1) is 11.8. The highest BCUT2D eigenvalue weighted by Gasteiger charge is 2.36. The van der Waals surface area contributed by atoms with Crippen molar-refractivity contribution in [3.63, 3.8) is 0 Å². The first-order valence-corrected chi connectivity index (χ1v) is 9.12. The van der Waals surface area contributed by atoms with Gasteiger partial charge in [0.05, 0.1) is 5.71 Å². The lowest BCUT2D eigenvalue weighted by molar-refractivity contribution is 0.212. The van der Waals surface area contributed by atoms with E-state index in [0.29, 0.717) is 5.92 Å². The minimum atomic E-state index is 0.666. The van der Waals surface area contributed by atoms with Crippen LogP contribution in [0.4, 0.5) is 0 Å². The molecular formula is C22H25NO. The van der Waals surface area contributed by atoms with Crippen LogP contribution in [0.3, 0.4) is 0 Å². The summed E-state index contributed by atoms with van der Waals surface area (Å²) in [5.74, 6) is 1.51. The molecule has 0 saturated heterocycles. The summed E-state index contributed by atoms with van der Waals surface area (Å²) in [6.45, 7) is 2.18. The lowest BCUT2D eigenvalue weighted by Gasteiger charge is -2.27. The summed E-state index contributed by atoms with van der Waals surface area (Å²) >= 11 is 0. The van der Waals surface area contributed by atoms with Crippen molar-refractivity contribution in [1.82, 2.24) is 0 Å². The number of rotatable bonds is 4. The molecule has 0 radical (unpaired) electrons. The zero-order valence-electron chi connectivity index (χ0n) is 14.6. The average Bonchev–Trinajstić information content (AvgIpc) is 3.01. The van der Waals surface area contributed by atoms with Crippen LogP contribution in [0.5, 0.6) is 0 Å². The van der Waals surface area contributed by atoms with Crippen LogP contribution in [0.1, 0.15) is 44.6 Å². The first kappa shape index (κ1) is 15.4. The molecule has 124 valence electrons. The Morgan fingerprint density at radius 1 is 1.12 bits per heavy atom. The van der Waals surface area contributed by atoms with Gasteiger partial charge >= 0.3 is 0 Å². The predicted octanol–water partition coefficient (Wildman–Crippen LogP) is 5.83. The number of nitrogens with zero attached hydrogens (tertiary/aromatic N) is 1. The summed E-state index contributed by atoms with van der Waals surface area (Å²) in [5, 5.41) is 7.01. The van der Waals surface area contributed by atoms with Gasteiger partial charge < -0.3 is 4.84 Å². The largest absolute Gasteiger partial charge is 0.399 e. The minimum Gasteiger partial charge on any atom is -0.399 e. The van der Waals surface area contributed by atoms with Gasteiger partial charge in [-0.05, 0) is 77.5 Å². The first-order valence-electron chi connectivity index (χ1n) is 9.12. The molecule has 1 saturated carbocycles. The van der Waals surface area contributed by atoms with Crippen LogP contribution in [-0.4, -0.2) is 12.8 Å². The van der Waals surface area contributed by atoms with Crippen molar-refractivity contribution in [3.8, 4) is 0 Å². The van der Waals surface area contributed by atoms with Gasteiger partial charge in [0.15, 0.2) is 0 Å². The highest BCUT2D eigenvalue weighted by atomic mass is 16.6. The number of oxime groups is 1. The monoisotopic (exact) mass is 319 g/mol. The quantitative estimate of drug-likeness (QED) is 0.513.